The van der Waals surface area contributed by atoms with Crippen LogP contribution in [0.5, 0.6) is 0 Å². The van der Waals surface area contributed by atoms with Crippen LogP contribution < -0.4 is 11.1 Å². The number of amides is 1. The third kappa shape index (κ3) is 3.88. The second-order valence-corrected chi connectivity index (χ2v) is 5.99. The Hall–Kier alpha value is -2.48. The Kier molecular flexibility index (Phi) is 5.05. The average molecular weight is 329 g/mol. The lowest BCUT2D eigenvalue weighted by molar-refractivity contribution is 0.0995. The van der Waals surface area contributed by atoms with Gasteiger partial charge >= 0.3 is 0 Å². The summed E-state index contributed by atoms with van der Waals surface area (Å²) in [4.78, 5) is 21.7. The van der Waals surface area contributed by atoms with E-state index < -0.39 is 5.91 Å². The second kappa shape index (κ2) is 7.39. The minimum absolute atomic E-state index is 0.149. The predicted octanol–water partition coefficient (Wildman–Crippen LogP) is 1.000. The Morgan fingerprint density at radius 3 is 3.04 bits per heavy atom. The molecule has 3 heterocycles. The number of carbonyl (C=O) groups excluding carboxylic acids is 1. The van der Waals surface area contributed by atoms with E-state index in [4.69, 9.17) is 5.73 Å². The molecule has 3 rings (SSSR count). The van der Waals surface area contributed by atoms with Crippen molar-refractivity contribution >= 4 is 11.7 Å². The van der Waals surface area contributed by atoms with Crippen LogP contribution >= 0.6 is 0 Å². The molecule has 128 valence electrons. The van der Waals surface area contributed by atoms with Crippen molar-refractivity contribution in [3.05, 3.63) is 35.5 Å². The summed E-state index contributed by atoms with van der Waals surface area (Å²) in [6, 6.07) is 2.12. The molecule has 0 saturated heterocycles. The lowest BCUT2D eigenvalue weighted by Gasteiger charge is -2.27. The van der Waals surface area contributed by atoms with Crippen LogP contribution in [0.15, 0.2) is 18.5 Å². The smallest absolute Gasteiger partial charge is 0.268 e. The van der Waals surface area contributed by atoms with E-state index in [0.717, 1.165) is 31.9 Å². The molecule has 24 heavy (non-hydrogen) atoms. The van der Waals surface area contributed by atoms with E-state index in [1.165, 1.54) is 24.7 Å². The molecule has 0 unspecified atom stereocenters. The summed E-state index contributed by atoms with van der Waals surface area (Å²) in [6.45, 7) is 6.82. The van der Waals surface area contributed by atoms with E-state index in [2.05, 4.69) is 43.0 Å². The molecule has 0 fully saturated rings. The number of fused-ring (bicyclic) bond motifs is 1. The zero-order valence-corrected chi connectivity index (χ0v) is 13.9. The van der Waals surface area contributed by atoms with Gasteiger partial charge in [-0.25, -0.2) is 4.98 Å². The quantitative estimate of drug-likeness (QED) is 0.786. The molecule has 3 N–H and O–H groups in total. The molecule has 0 radical (unpaired) electrons. The first-order valence-corrected chi connectivity index (χ1v) is 8.29. The first-order chi connectivity index (χ1) is 11.7. The minimum Gasteiger partial charge on any atom is -0.364 e. The van der Waals surface area contributed by atoms with Crippen molar-refractivity contribution in [2.45, 2.75) is 39.4 Å². The molecule has 0 spiro atoms. The Balaban J connectivity index is 1.60. The lowest BCUT2D eigenvalue weighted by Crippen LogP contribution is -2.34. The van der Waals surface area contributed by atoms with Gasteiger partial charge in [0.15, 0.2) is 0 Å². The third-order valence-corrected chi connectivity index (χ3v) is 4.09. The fraction of sp³-hybridized carbons (Fsp3) is 0.500. The molecule has 2 aromatic rings. The molecule has 0 bridgehead atoms. The monoisotopic (exact) mass is 329 g/mol. The molecular formula is C16H23N7O. The first kappa shape index (κ1) is 16.4. The normalized spacial score (nSPS) is 14.4. The highest BCUT2D eigenvalue weighted by Gasteiger charge is 2.17. The van der Waals surface area contributed by atoms with Crippen molar-refractivity contribution in [3.8, 4) is 0 Å². The van der Waals surface area contributed by atoms with E-state index in [1.54, 1.807) is 6.20 Å². The van der Waals surface area contributed by atoms with E-state index in [0.29, 0.717) is 12.4 Å². The number of unbranched alkanes of at least 4 members (excludes halogenated alkanes) is 1. The van der Waals surface area contributed by atoms with Crippen LogP contribution in [0.2, 0.25) is 0 Å². The number of nitrogens with zero attached hydrogens (tertiary/aromatic N) is 5. The van der Waals surface area contributed by atoms with Crippen molar-refractivity contribution in [2.75, 3.05) is 18.4 Å². The van der Waals surface area contributed by atoms with Crippen LogP contribution in [-0.4, -0.2) is 43.6 Å². The van der Waals surface area contributed by atoms with Crippen molar-refractivity contribution in [1.29, 1.82) is 0 Å². The topological polar surface area (TPSA) is 102 Å². The summed E-state index contributed by atoms with van der Waals surface area (Å²) in [5.74, 6) is -0.0716. The number of nitrogens with one attached hydrogen (secondary N) is 1. The van der Waals surface area contributed by atoms with Crippen molar-refractivity contribution in [1.82, 2.24) is 24.6 Å². The van der Waals surface area contributed by atoms with E-state index in [9.17, 15) is 4.79 Å². The van der Waals surface area contributed by atoms with Gasteiger partial charge in [0, 0.05) is 13.1 Å². The van der Waals surface area contributed by atoms with Gasteiger partial charge in [-0.1, -0.05) is 13.3 Å². The maximum atomic E-state index is 11.1. The summed E-state index contributed by atoms with van der Waals surface area (Å²) < 4.78 is 2.07. The van der Waals surface area contributed by atoms with Gasteiger partial charge in [-0.2, -0.15) is 5.10 Å². The lowest BCUT2D eigenvalue weighted by atomic mass is 10.2. The van der Waals surface area contributed by atoms with Gasteiger partial charge in [0.25, 0.3) is 5.91 Å². The number of aromatic nitrogens is 4. The Morgan fingerprint density at radius 1 is 1.38 bits per heavy atom. The number of primary amides is 1. The highest BCUT2D eigenvalue weighted by atomic mass is 16.1. The molecule has 1 amide bonds. The van der Waals surface area contributed by atoms with E-state index in [-0.39, 0.29) is 5.69 Å². The van der Waals surface area contributed by atoms with Crippen LogP contribution in [0.3, 0.4) is 0 Å². The molecular weight excluding hydrogens is 306 g/mol. The zero-order chi connectivity index (χ0) is 16.9. The van der Waals surface area contributed by atoms with Gasteiger partial charge in [-0.05, 0) is 19.0 Å². The van der Waals surface area contributed by atoms with Gasteiger partial charge < -0.3 is 11.1 Å². The largest absolute Gasteiger partial charge is 0.364 e. The molecule has 0 aromatic carbocycles. The maximum absolute atomic E-state index is 11.1. The van der Waals surface area contributed by atoms with Gasteiger partial charge in [-0.3, -0.25) is 19.4 Å². The van der Waals surface area contributed by atoms with Crippen LogP contribution in [0.1, 0.15) is 41.6 Å². The number of rotatable bonds is 7. The second-order valence-electron chi connectivity index (χ2n) is 5.99. The molecule has 0 aliphatic carbocycles. The fourth-order valence-electron chi connectivity index (χ4n) is 2.79. The van der Waals surface area contributed by atoms with Crippen molar-refractivity contribution < 1.29 is 4.79 Å². The standard InChI is InChI=1S/C16H23N7O/c1-2-3-4-22-5-6-23-13(11-22)7-12(21-23)8-19-15-10-18-9-14(20-15)16(17)24/h7,9-10H,2-6,8,11H2,1H3,(H2,17,24)(H,19,20). The first-order valence-electron chi connectivity index (χ1n) is 8.29. The molecule has 0 saturated carbocycles. The van der Waals surface area contributed by atoms with Crippen LogP contribution in [0, 0.1) is 0 Å². The number of hydrogen-bond acceptors (Lipinski definition) is 6. The molecule has 8 nitrogen and oxygen atoms in total. The van der Waals surface area contributed by atoms with Crippen LogP contribution in [0.25, 0.3) is 0 Å². The maximum Gasteiger partial charge on any atom is 0.268 e. The minimum atomic E-state index is -0.587. The molecule has 0 atom stereocenters. The molecule has 1 aliphatic heterocycles. The van der Waals surface area contributed by atoms with Gasteiger partial charge in [0.05, 0.1) is 36.9 Å². The SMILES string of the molecule is CCCCN1CCn2nc(CNc3cncc(C(N)=O)n3)cc2C1. The summed E-state index contributed by atoms with van der Waals surface area (Å²) in [5.41, 5.74) is 7.56. The third-order valence-electron chi connectivity index (χ3n) is 4.09. The average Bonchev–Trinajstić information content (AvgIpc) is 3.00. The van der Waals surface area contributed by atoms with Crippen molar-refractivity contribution in [3.63, 3.8) is 0 Å². The number of carbonyl (C=O) groups is 1. The predicted molar refractivity (Wildman–Crippen MR) is 90.3 cm³/mol. The van der Waals surface area contributed by atoms with Crippen LogP contribution in [0.4, 0.5) is 5.82 Å². The van der Waals surface area contributed by atoms with Gasteiger partial charge in [0.2, 0.25) is 0 Å². The van der Waals surface area contributed by atoms with Gasteiger partial charge in [0.1, 0.15) is 11.5 Å². The molecule has 2 aromatic heterocycles. The Morgan fingerprint density at radius 2 is 2.25 bits per heavy atom. The molecule has 8 heteroatoms. The zero-order valence-electron chi connectivity index (χ0n) is 13.9. The van der Waals surface area contributed by atoms with Crippen molar-refractivity contribution in [2.24, 2.45) is 5.73 Å². The summed E-state index contributed by atoms with van der Waals surface area (Å²) in [7, 11) is 0. The highest BCUT2D eigenvalue weighted by Crippen LogP contribution is 2.15. The van der Waals surface area contributed by atoms with E-state index in [1.807, 2.05) is 0 Å². The number of anilines is 1. The summed E-state index contributed by atoms with van der Waals surface area (Å²) >= 11 is 0. The number of hydrogen-bond donors (Lipinski definition) is 2. The summed E-state index contributed by atoms with van der Waals surface area (Å²) in [5, 5.41) is 7.77. The Labute approximate surface area is 141 Å². The fourth-order valence-corrected chi connectivity index (χ4v) is 2.79. The van der Waals surface area contributed by atoms with Gasteiger partial charge in [-0.15, -0.1) is 0 Å². The van der Waals surface area contributed by atoms with Crippen LogP contribution in [-0.2, 0) is 19.6 Å². The number of nitrogens with two attached hydrogens (primary N) is 1. The molecule has 1 aliphatic rings. The summed E-state index contributed by atoms with van der Waals surface area (Å²) in [6.07, 6.45) is 5.37. The highest BCUT2D eigenvalue weighted by molar-refractivity contribution is 5.90. The van der Waals surface area contributed by atoms with E-state index >= 15 is 0 Å². The Bertz CT molecular complexity index is 712.